The number of carbonyl (C=O) groups is 2. The van der Waals surface area contributed by atoms with E-state index in [-0.39, 0.29) is 23.7 Å². The second-order valence-corrected chi connectivity index (χ2v) is 8.68. The van der Waals surface area contributed by atoms with Crippen molar-refractivity contribution in [1.29, 1.82) is 0 Å². The van der Waals surface area contributed by atoms with E-state index in [9.17, 15) is 9.59 Å². The first-order chi connectivity index (χ1) is 13.3. The van der Waals surface area contributed by atoms with Gasteiger partial charge in [-0.25, -0.2) is 0 Å². The van der Waals surface area contributed by atoms with E-state index in [1.807, 2.05) is 33.2 Å². The van der Waals surface area contributed by atoms with Crippen LogP contribution in [0.15, 0.2) is 18.2 Å². The summed E-state index contributed by atoms with van der Waals surface area (Å²) in [7, 11) is 4.07. The summed E-state index contributed by atoms with van der Waals surface area (Å²) in [6.07, 6.45) is 4.12. The van der Waals surface area contributed by atoms with E-state index in [1.165, 1.54) is 5.56 Å². The predicted molar refractivity (Wildman–Crippen MR) is 116 cm³/mol. The van der Waals surface area contributed by atoms with Crippen LogP contribution in [0.1, 0.15) is 63.0 Å². The van der Waals surface area contributed by atoms with Crippen LogP contribution in [0, 0.1) is 18.8 Å². The zero-order chi connectivity index (χ0) is 20.7. The molecule has 0 spiro atoms. The highest BCUT2D eigenvalue weighted by Gasteiger charge is 2.30. The number of amides is 2. The fraction of sp³-hybridized carbons (Fsp3) is 0.652. The molecule has 0 unspecified atom stereocenters. The number of aryl methyl sites for hydroxylation is 1. The van der Waals surface area contributed by atoms with Crippen molar-refractivity contribution in [2.45, 2.75) is 58.8 Å². The summed E-state index contributed by atoms with van der Waals surface area (Å²) in [4.78, 5) is 27.3. The van der Waals surface area contributed by atoms with Crippen LogP contribution in [0.3, 0.4) is 0 Å². The molecule has 1 fully saturated rings. The van der Waals surface area contributed by atoms with Gasteiger partial charge in [0.25, 0.3) is 0 Å². The maximum Gasteiger partial charge on any atom is 0.227 e. The lowest BCUT2D eigenvalue weighted by atomic mass is 9.81. The molecule has 2 amide bonds. The zero-order valence-corrected chi connectivity index (χ0v) is 18.2. The molecule has 156 valence electrons. The summed E-state index contributed by atoms with van der Waals surface area (Å²) < 4.78 is 0. The van der Waals surface area contributed by atoms with Crippen molar-refractivity contribution in [2.75, 3.05) is 32.5 Å². The number of nitrogens with zero attached hydrogens (tertiary/aromatic N) is 1. The summed E-state index contributed by atoms with van der Waals surface area (Å²) in [5.74, 6) is 0.660. The number of para-hydroxylation sites is 1. The molecular formula is C23H37N3O2. The lowest BCUT2D eigenvalue weighted by Crippen LogP contribution is -2.36. The van der Waals surface area contributed by atoms with Crippen LogP contribution in [0.25, 0.3) is 0 Å². The van der Waals surface area contributed by atoms with Gasteiger partial charge in [0.2, 0.25) is 11.8 Å². The number of anilines is 1. The SMILES string of the molecule is Cc1cccc(C(C)C)c1NC(=O)C1CCC(C(=O)NCCCN(C)C)CC1. The third-order valence-electron chi connectivity index (χ3n) is 5.73. The van der Waals surface area contributed by atoms with E-state index in [0.29, 0.717) is 5.92 Å². The van der Waals surface area contributed by atoms with Crippen molar-refractivity contribution in [3.8, 4) is 0 Å². The van der Waals surface area contributed by atoms with Crippen LogP contribution in [0.4, 0.5) is 5.69 Å². The van der Waals surface area contributed by atoms with Crippen molar-refractivity contribution >= 4 is 17.5 Å². The third kappa shape index (κ3) is 6.33. The summed E-state index contributed by atoms with van der Waals surface area (Å²) >= 11 is 0. The molecule has 0 atom stereocenters. The Labute approximate surface area is 170 Å². The van der Waals surface area contributed by atoms with Crippen LogP contribution in [0.5, 0.6) is 0 Å². The average Bonchev–Trinajstić information content (AvgIpc) is 2.66. The Morgan fingerprint density at radius 3 is 2.25 bits per heavy atom. The second kappa shape index (κ2) is 10.6. The van der Waals surface area contributed by atoms with Crippen LogP contribution < -0.4 is 10.6 Å². The van der Waals surface area contributed by atoms with Crippen LogP contribution >= 0.6 is 0 Å². The Bertz CT molecular complexity index is 662. The van der Waals surface area contributed by atoms with E-state index in [4.69, 9.17) is 0 Å². The predicted octanol–water partition coefficient (Wildman–Crippen LogP) is 3.93. The Hall–Kier alpha value is -1.88. The lowest BCUT2D eigenvalue weighted by molar-refractivity contribution is -0.128. The van der Waals surface area contributed by atoms with E-state index in [0.717, 1.165) is 56.4 Å². The highest BCUT2D eigenvalue weighted by molar-refractivity contribution is 5.94. The molecule has 1 aliphatic rings. The lowest BCUT2D eigenvalue weighted by Gasteiger charge is -2.28. The maximum atomic E-state index is 12.8. The summed E-state index contributed by atoms with van der Waals surface area (Å²) in [6, 6.07) is 6.17. The number of rotatable bonds is 8. The van der Waals surface area contributed by atoms with Crippen LogP contribution in [-0.4, -0.2) is 43.9 Å². The standard InChI is InChI=1S/C23H37N3O2/c1-16(2)20-9-6-8-17(3)21(20)25-23(28)19-12-10-18(11-13-19)22(27)24-14-7-15-26(4)5/h6,8-9,16,18-19H,7,10-15H2,1-5H3,(H,24,27)(H,25,28). The van der Waals surface area contributed by atoms with Crippen molar-refractivity contribution in [1.82, 2.24) is 10.2 Å². The van der Waals surface area contributed by atoms with Crippen molar-refractivity contribution < 1.29 is 9.59 Å². The zero-order valence-electron chi connectivity index (χ0n) is 18.2. The summed E-state index contributed by atoms with van der Waals surface area (Å²) in [5.41, 5.74) is 3.24. The topological polar surface area (TPSA) is 61.4 Å². The van der Waals surface area contributed by atoms with Gasteiger partial charge in [-0.2, -0.15) is 0 Å². The van der Waals surface area contributed by atoms with Crippen molar-refractivity contribution in [2.24, 2.45) is 11.8 Å². The van der Waals surface area contributed by atoms with Gasteiger partial charge in [0.05, 0.1) is 0 Å². The fourth-order valence-electron chi connectivity index (χ4n) is 3.94. The molecule has 1 aromatic carbocycles. The van der Waals surface area contributed by atoms with Gasteiger partial charge in [0.15, 0.2) is 0 Å². The van der Waals surface area contributed by atoms with E-state index in [2.05, 4.69) is 35.4 Å². The first kappa shape index (κ1) is 22.4. The molecule has 1 aliphatic carbocycles. The van der Waals surface area contributed by atoms with Gasteiger partial charge < -0.3 is 15.5 Å². The van der Waals surface area contributed by atoms with Crippen LogP contribution in [0.2, 0.25) is 0 Å². The van der Waals surface area contributed by atoms with E-state index < -0.39 is 0 Å². The Morgan fingerprint density at radius 2 is 1.68 bits per heavy atom. The Kier molecular flexibility index (Phi) is 8.49. The Balaban J connectivity index is 1.83. The molecule has 28 heavy (non-hydrogen) atoms. The van der Waals surface area contributed by atoms with E-state index in [1.54, 1.807) is 0 Å². The third-order valence-corrected chi connectivity index (χ3v) is 5.73. The van der Waals surface area contributed by atoms with Gasteiger partial charge in [-0.15, -0.1) is 0 Å². The molecular weight excluding hydrogens is 350 g/mol. The molecule has 2 rings (SSSR count). The first-order valence-electron chi connectivity index (χ1n) is 10.6. The van der Waals surface area contributed by atoms with Gasteiger partial charge >= 0.3 is 0 Å². The maximum absolute atomic E-state index is 12.8. The molecule has 0 aromatic heterocycles. The highest BCUT2D eigenvalue weighted by atomic mass is 16.2. The van der Waals surface area contributed by atoms with Gasteiger partial charge in [0, 0.05) is 24.1 Å². The molecule has 0 saturated heterocycles. The number of hydrogen-bond acceptors (Lipinski definition) is 3. The largest absolute Gasteiger partial charge is 0.356 e. The monoisotopic (exact) mass is 387 g/mol. The van der Waals surface area contributed by atoms with Crippen LogP contribution in [-0.2, 0) is 9.59 Å². The molecule has 1 aromatic rings. The first-order valence-corrected chi connectivity index (χ1v) is 10.6. The number of nitrogens with one attached hydrogen (secondary N) is 2. The smallest absolute Gasteiger partial charge is 0.227 e. The minimum atomic E-state index is -0.00240. The second-order valence-electron chi connectivity index (χ2n) is 8.68. The molecule has 0 heterocycles. The summed E-state index contributed by atoms with van der Waals surface area (Å²) in [5, 5.41) is 6.24. The summed E-state index contributed by atoms with van der Waals surface area (Å²) in [6.45, 7) is 8.03. The Morgan fingerprint density at radius 1 is 1.07 bits per heavy atom. The molecule has 0 aliphatic heterocycles. The number of hydrogen-bond donors (Lipinski definition) is 2. The van der Waals surface area contributed by atoms with Crippen molar-refractivity contribution in [3.05, 3.63) is 29.3 Å². The highest BCUT2D eigenvalue weighted by Crippen LogP contribution is 2.32. The average molecular weight is 388 g/mol. The quantitative estimate of drug-likeness (QED) is 0.665. The number of benzene rings is 1. The minimum absolute atomic E-state index is 0.00240. The van der Waals surface area contributed by atoms with Gasteiger partial charge in [0.1, 0.15) is 0 Å². The molecule has 2 N–H and O–H groups in total. The van der Waals surface area contributed by atoms with E-state index >= 15 is 0 Å². The normalized spacial score (nSPS) is 19.7. The molecule has 0 bridgehead atoms. The van der Waals surface area contributed by atoms with Gasteiger partial charge in [-0.05, 0) is 76.7 Å². The fourth-order valence-corrected chi connectivity index (χ4v) is 3.94. The van der Waals surface area contributed by atoms with Gasteiger partial charge in [-0.3, -0.25) is 9.59 Å². The number of carbonyl (C=O) groups excluding carboxylic acids is 2. The molecule has 1 saturated carbocycles. The molecule has 0 radical (unpaired) electrons. The molecule has 5 nitrogen and oxygen atoms in total. The van der Waals surface area contributed by atoms with Gasteiger partial charge in [-0.1, -0.05) is 32.0 Å². The minimum Gasteiger partial charge on any atom is -0.356 e. The van der Waals surface area contributed by atoms with Crippen molar-refractivity contribution in [3.63, 3.8) is 0 Å². The molecule has 5 heteroatoms.